The summed E-state index contributed by atoms with van der Waals surface area (Å²) in [6, 6.07) is 7.21. The lowest BCUT2D eigenvalue weighted by molar-refractivity contribution is 0.179. The van der Waals surface area contributed by atoms with Gasteiger partial charge in [0.2, 0.25) is 10.0 Å². The first-order valence-electron chi connectivity index (χ1n) is 9.42. The molecule has 1 aromatic rings. The second-order valence-corrected chi connectivity index (χ2v) is 9.12. The van der Waals surface area contributed by atoms with Crippen LogP contribution >= 0.6 is 24.0 Å². The van der Waals surface area contributed by atoms with Crippen molar-refractivity contribution < 1.29 is 13.2 Å². The predicted octanol–water partition coefficient (Wildman–Crippen LogP) is 2.43. The lowest BCUT2D eigenvalue weighted by Gasteiger charge is -2.30. The average molecular weight is 524 g/mol. The highest BCUT2D eigenvalue weighted by Gasteiger charge is 2.28. The maximum Gasteiger partial charge on any atom is 0.243 e. The summed E-state index contributed by atoms with van der Waals surface area (Å²) >= 11 is 0. The summed E-state index contributed by atoms with van der Waals surface area (Å²) < 4.78 is 32.3. The highest BCUT2D eigenvalue weighted by Crippen LogP contribution is 2.23. The minimum Gasteiger partial charge on any atom is -0.383 e. The first-order chi connectivity index (χ1) is 12.9. The molecule has 1 fully saturated rings. The third-order valence-corrected chi connectivity index (χ3v) is 6.54. The van der Waals surface area contributed by atoms with Crippen molar-refractivity contribution in [2.75, 3.05) is 33.9 Å². The number of rotatable bonds is 7. The van der Waals surface area contributed by atoms with E-state index in [0.29, 0.717) is 43.0 Å². The number of benzene rings is 1. The average Bonchev–Trinajstić information content (AvgIpc) is 2.65. The summed E-state index contributed by atoms with van der Waals surface area (Å²) in [6.45, 7) is 6.47. The van der Waals surface area contributed by atoms with E-state index in [1.807, 2.05) is 19.1 Å². The summed E-state index contributed by atoms with van der Waals surface area (Å²) in [7, 11) is -0.0332. The Labute approximate surface area is 186 Å². The number of nitrogens with zero attached hydrogens (tertiary/aromatic N) is 2. The van der Waals surface area contributed by atoms with E-state index in [1.54, 1.807) is 30.6 Å². The van der Waals surface area contributed by atoms with Gasteiger partial charge in [-0.1, -0.05) is 19.1 Å². The minimum absolute atomic E-state index is 0. The zero-order valence-electron chi connectivity index (χ0n) is 17.1. The molecule has 160 valence electrons. The smallest absolute Gasteiger partial charge is 0.243 e. The fourth-order valence-corrected chi connectivity index (χ4v) is 4.80. The van der Waals surface area contributed by atoms with Crippen LogP contribution in [0.3, 0.4) is 0 Å². The van der Waals surface area contributed by atoms with Crippen LogP contribution in [-0.2, 0) is 21.3 Å². The van der Waals surface area contributed by atoms with Gasteiger partial charge in [-0.05, 0) is 43.4 Å². The first-order valence-corrected chi connectivity index (χ1v) is 10.9. The van der Waals surface area contributed by atoms with Crippen molar-refractivity contribution in [1.29, 1.82) is 0 Å². The van der Waals surface area contributed by atoms with Gasteiger partial charge in [0.25, 0.3) is 0 Å². The molecule has 0 aliphatic carbocycles. The van der Waals surface area contributed by atoms with E-state index in [0.717, 1.165) is 18.4 Å². The fourth-order valence-electron chi connectivity index (χ4n) is 3.20. The summed E-state index contributed by atoms with van der Waals surface area (Å²) in [6.07, 6.45) is 2.02. The zero-order valence-corrected chi connectivity index (χ0v) is 20.3. The molecule has 0 spiro atoms. The third-order valence-electron chi connectivity index (χ3n) is 4.66. The van der Waals surface area contributed by atoms with Crippen LogP contribution in [0.25, 0.3) is 0 Å². The number of aliphatic imine (C=N–C) groups is 1. The van der Waals surface area contributed by atoms with Gasteiger partial charge < -0.3 is 15.4 Å². The van der Waals surface area contributed by atoms with Crippen molar-refractivity contribution in [1.82, 2.24) is 14.9 Å². The SMILES string of the molecule is CN=C(NCc1ccc(S(=O)(=O)N2CCCC(C)C2)cc1)NC(C)COC.I. The van der Waals surface area contributed by atoms with Gasteiger partial charge in [-0.15, -0.1) is 24.0 Å². The molecule has 9 heteroatoms. The van der Waals surface area contributed by atoms with Gasteiger partial charge in [-0.2, -0.15) is 4.31 Å². The van der Waals surface area contributed by atoms with E-state index in [9.17, 15) is 8.42 Å². The van der Waals surface area contributed by atoms with Crippen molar-refractivity contribution in [2.45, 2.75) is 44.2 Å². The second kappa shape index (κ2) is 11.9. The molecule has 0 amide bonds. The molecule has 1 heterocycles. The van der Waals surface area contributed by atoms with Gasteiger partial charge >= 0.3 is 0 Å². The van der Waals surface area contributed by atoms with E-state index in [4.69, 9.17) is 4.74 Å². The Balaban J connectivity index is 0.00000392. The Morgan fingerprint density at radius 2 is 2.04 bits per heavy atom. The van der Waals surface area contributed by atoms with Crippen LogP contribution in [0.2, 0.25) is 0 Å². The molecule has 2 atom stereocenters. The third kappa shape index (κ3) is 7.16. The van der Waals surface area contributed by atoms with Crippen LogP contribution in [0.4, 0.5) is 0 Å². The maximum absolute atomic E-state index is 12.8. The fraction of sp³-hybridized carbons (Fsp3) is 0.632. The lowest BCUT2D eigenvalue weighted by Crippen LogP contribution is -2.43. The second-order valence-electron chi connectivity index (χ2n) is 7.18. The van der Waals surface area contributed by atoms with E-state index in [2.05, 4.69) is 22.5 Å². The van der Waals surface area contributed by atoms with Crippen molar-refractivity contribution in [2.24, 2.45) is 10.9 Å². The van der Waals surface area contributed by atoms with Gasteiger partial charge in [0.05, 0.1) is 11.5 Å². The monoisotopic (exact) mass is 524 g/mol. The summed E-state index contributed by atoms with van der Waals surface area (Å²) in [5.74, 6) is 1.09. The van der Waals surface area contributed by atoms with Gasteiger partial charge in [-0.25, -0.2) is 8.42 Å². The number of sulfonamides is 1. The standard InChI is InChI=1S/C19H32N4O3S.HI/c1-15-6-5-11-23(13-15)27(24,25)18-9-7-17(8-10-18)12-21-19(20-3)22-16(2)14-26-4;/h7-10,15-16H,5-6,11-14H2,1-4H3,(H2,20,21,22);1H. The minimum atomic E-state index is -3.41. The molecule has 0 saturated carbocycles. The molecule has 0 aromatic heterocycles. The van der Waals surface area contributed by atoms with Crippen LogP contribution in [0.5, 0.6) is 0 Å². The molecule has 2 unspecified atom stereocenters. The lowest BCUT2D eigenvalue weighted by atomic mass is 10.0. The number of methoxy groups -OCH3 is 1. The number of guanidine groups is 1. The van der Waals surface area contributed by atoms with E-state index < -0.39 is 10.0 Å². The van der Waals surface area contributed by atoms with Crippen molar-refractivity contribution >= 4 is 40.0 Å². The maximum atomic E-state index is 12.8. The Kier molecular flexibility index (Phi) is 10.7. The van der Waals surface area contributed by atoms with Crippen LogP contribution < -0.4 is 10.6 Å². The molecule has 2 rings (SSSR count). The Morgan fingerprint density at radius 3 is 2.61 bits per heavy atom. The molecular weight excluding hydrogens is 491 g/mol. The Bertz CT molecular complexity index is 725. The topological polar surface area (TPSA) is 83.0 Å². The molecule has 2 N–H and O–H groups in total. The highest BCUT2D eigenvalue weighted by molar-refractivity contribution is 14.0. The van der Waals surface area contributed by atoms with Gasteiger partial charge in [0.1, 0.15) is 0 Å². The largest absolute Gasteiger partial charge is 0.383 e. The van der Waals surface area contributed by atoms with Crippen molar-refractivity contribution in [3.05, 3.63) is 29.8 Å². The van der Waals surface area contributed by atoms with E-state index >= 15 is 0 Å². The quantitative estimate of drug-likeness (QED) is 0.325. The number of hydrogen-bond acceptors (Lipinski definition) is 4. The van der Waals surface area contributed by atoms with E-state index in [-0.39, 0.29) is 30.0 Å². The molecule has 7 nitrogen and oxygen atoms in total. The van der Waals surface area contributed by atoms with Crippen LogP contribution in [0.15, 0.2) is 34.2 Å². The highest BCUT2D eigenvalue weighted by atomic mass is 127. The number of piperidine rings is 1. The van der Waals surface area contributed by atoms with Gasteiger partial charge in [0.15, 0.2) is 5.96 Å². The summed E-state index contributed by atoms with van der Waals surface area (Å²) in [4.78, 5) is 4.54. The van der Waals surface area contributed by atoms with Crippen molar-refractivity contribution in [3.63, 3.8) is 0 Å². The number of nitrogens with one attached hydrogen (secondary N) is 2. The first kappa shape index (κ1) is 25.1. The van der Waals surface area contributed by atoms with Crippen molar-refractivity contribution in [3.8, 4) is 0 Å². The predicted molar refractivity (Wildman–Crippen MR) is 124 cm³/mol. The molecular formula is C19H33IN4O3S. The number of hydrogen-bond donors (Lipinski definition) is 2. The van der Waals surface area contributed by atoms with E-state index in [1.165, 1.54) is 0 Å². The van der Waals surface area contributed by atoms with Gasteiger partial charge in [0, 0.05) is 39.8 Å². The zero-order chi connectivity index (χ0) is 19.9. The molecule has 1 aromatic carbocycles. The molecule has 1 aliphatic heterocycles. The van der Waals surface area contributed by atoms with Crippen LogP contribution in [0.1, 0.15) is 32.3 Å². The molecule has 0 radical (unpaired) electrons. The molecule has 28 heavy (non-hydrogen) atoms. The molecule has 1 aliphatic rings. The van der Waals surface area contributed by atoms with Gasteiger partial charge in [-0.3, -0.25) is 4.99 Å². The molecule has 0 bridgehead atoms. The van der Waals surface area contributed by atoms with Crippen LogP contribution in [-0.4, -0.2) is 58.6 Å². The normalized spacial score (nSPS) is 19.6. The number of ether oxygens (including phenoxy) is 1. The summed E-state index contributed by atoms with van der Waals surface area (Å²) in [5, 5.41) is 6.46. The Hall–Kier alpha value is -0.910. The Morgan fingerprint density at radius 1 is 1.36 bits per heavy atom. The van der Waals surface area contributed by atoms with Crippen LogP contribution in [0, 0.1) is 5.92 Å². The molecule has 1 saturated heterocycles. The number of halogens is 1. The summed E-state index contributed by atoms with van der Waals surface area (Å²) in [5.41, 5.74) is 0.989.